The molecule has 1 aromatic rings. The number of benzene rings is 1. The SMILES string of the molecule is O=C(O)C1CC2CCCC(C2)N1C(=O)c1ccc([N+](=O)[O-])cc1. The Labute approximate surface area is 133 Å². The number of carboxylic acid groups (broad SMARTS) is 1. The number of carbonyl (C=O) groups excluding carboxylic acids is 1. The summed E-state index contributed by atoms with van der Waals surface area (Å²) in [5, 5.41) is 20.2. The maximum atomic E-state index is 12.8. The first-order valence-corrected chi connectivity index (χ1v) is 7.77. The third-order valence-corrected chi connectivity index (χ3v) is 4.89. The van der Waals surface area contributed by atoms with Crippen molar-refractivity contribution in [3.63, 3.8) is 0 Å². The number of nitro benzene ring substituents is 1. The van der Waals surface area contributed by atoms with Crippen LogP contribution in [-0.4, -0.2) is 38.9 Å². The van der Waals surface area contributed by atoms with E-state index >= 15 is 0 Å². The smallest absolute Gasteiger partial charge is 0.326 e. The van der Waals surface area contributed by atoms with Crippen LogP contribution in [0.4, 0.5) is 5.69 Å². The lowest BCUT2D eigenvalue weighted by molar-refractivity contribution is -0.384. The van der Waals surface area contributed by atoms with Crippen LogP contribution in [0.3, 0.4) is 0 Å². The fourth-order valence-electron chi connectivity index (χ4n) is 3.82. The molecule has 7 heteroatoms. The van der Waals surface area contributed by atoms with Crippen LogP contribution in [-0.2, 0) is 4.79 Å². The number of rotatable bonds is 3. The van der Waals surface area contributed by atoms with Gasteiger partial charge in [0.15, 0.2) is 0 Å². The molecule has 1 aliphatic heterocycles. The zero-order valence-electron chi connectivity index (χ0n) is 12.6. The molecule has 1 amide bonds. The first kappa shape index (κ1) is 15.5. The van der Waals surface area contributed by atoms with Crippen LogP contribution in [0.25, 0.3) is 0 Å². The van der Waals surface area contributed by atoms with Gasteiger partial charge in [-0.15, -0.1) is 0 Å². The molecule has 122 valence electrons. The highest BCUT2D eigenvalue weighted by Gasteiger charge is 2.43. The molecule has 0 aromatic heterocycles. The van der Waals surface area contributed by atoms with E-state index in [0.717, 1.165) is 25.7 Å². The molecular formula is C16H18N2O5. The van der Waals surface area contributed by atoms with Crippen LogP contribution in [0.1, 0.15) is 42.5 Å². The van der Waals surface area contributed by atoms with Gasteiger partial charge in [-0.2, -0.15) is 0 Å². The molecule has 2 aliphatic rings. The van der Waals surface area contributed by atoms with Gasteiger partial charge in [-0.1, -0.05) is 12.8 Å². The van der Waals surface area contributed by atoms with E-state index < -0.39 is 16.9 Å². The van der Waals surface area contributed by atoms with Gasteiger partial charge in [-0.05, 0) is 37.3 Å². The monoisotopic (exact) mass is 318 g/mol. The summed E-state index contributed by atoms with van der Waals surface area (Å²) in [6, 6.07) is 4.49. The zero-order valence-corrected chi connectivity index (χ0v) is 12.6. The average Bonchev–Trinajstić information content (AvgIpc) is 2.54. The molecule has 1 N–H and O–H groups in total. The molecule has 0 radical (unpaired) electrons. The molecule has 3 rings (SSSR count). The van der Waals surface area contributed by atoms with Gasteiger partial charge in [0.1, 0.15) is 6.04 Å². The normalized spacial score (nSPS) is 26.6. The van der Waals surface area contributed by atoms with Gasteiger partial charge in [-0.3, -0.25) is 14.9 Å². The molecule has 7 nitrogen and oxygen atoms in total. The topological polar surface area (TPSA) is 101 Å². The van der Waals surface area contributed by atoms with E-state index in [9.17, 15) is 24.8 Å². The molecule has 1 heterocycles. The van der Waals surface area contributed by atoms with Crippen molar-refractivity contribution >= 4 is 17.6 Å². The molecule has 2 fully saturated rings. The van der Waals surface area contributed by atoms with Crippen LogP contribution in [0, 0.1) is 16.0 Å². The van der Waals surface area contributed by atoms with E-state index in [1.54, 1.807) is 0 Å². The van der Waals surface area contributed by atoms with Crippen LogP contribution in [0.5, 0.6) is 0 Å². The Morgan fingerprint density at radius 2 is 1.87 bits per heavy atom. The number of likely N-dealkylation sites (tertiary alicyclic amines) is 1. The second-order valence-electron chi connectivity index (χ2n) is 6.29. The Morgan fingerprint density at radius 1 is 1.17 bits per heavy atom. The highest BCUT2D eigenvalue weighted by Crippen LogP contribution is 2.38. The molecular weight excluding hydrogens is 300 g/mol. The Morgan fingerprint density at radius 3 is 2.48 bits per heavy atom. The third kappa shape index (κ3) is 2.91. The van der Waals surface area contributed by atoms with E-state index in [0.29, 0.717) is 17.9 Å². The lowest BCUT2D eigenvalue weighted by atomic mass is 9.76. The second-order valence-corrected chi connectivity index (χ2v) is 6.29. The summed E-state index contributed by atoms with van der Waals surface area (Å²) in [6.07, 6.45) is 4.19. The fraction of sp³-hybridized carbons (Fsp3) is 0.500. The van der Waals surface area contributed by atoms with Crippen molar-refractivity contribution in [1.29, 1.82) is 0 Å². The van der Waals surface area contributed by atoms with Crippen LogP contribution in [0.2, 0.25) is 0 Å². The summed E-state index contributed by atoms with van der Waals surface area (Å²) in [6.45, 7) is 0. The summed E-state index contributed by atoms with van der Waals surface area (Å²) >= 11 is 0. The van der Waals surface area contributed by atoms with Crippen LogP contribution < -0.4 is 0 Å². The summed E-state index contributed by atoms with van der Waals surface area (Å²) < 4.78 is 0. The summed E-state index contributed by atoms with van der Waals surface area (Å²) in [5.41, 5.74) is 0.207. The molecule has 3 unspecified atom stereocenters. The third-order valence-electron chi connectivity index (χ3n) is 4.89. The highest BCUT2D eigenvalue weighted by atomic mass is 16.6. The minimum absolute atomic E-state index is 0.0497. The number of carboxylic acids is 1. The van der Waals surface area contributed by atoms with Crippen molar-refractivity contribution < 1.29 is 19.6 Å². The highest BCUT2D eigenvalue weighted by molar-refractivity contribution is 5.97. The van der Waals surface area contributed by atoms with Gasteiger partial charge in [-0.25, -0.2) is 4.79 Å². The maximum Gasteiger partial charge on any atom is 0.326 e. The second kappa shape index (κ2) is 5.98. The summed E-state index contributed by atoms with van der Waals surface area (Å²) in [5.74, 6) is -0.953. The lowest BCUT2D eigenvalue weighted by Gasteiger charge is -2.46. The zero-order chi connectivity index (χ0) is 16.6. The van der Waals surface area contributed by atoms with Gasteiger partial charge in [0.05, 0.1) is 4.92 Å². The number of piperidine rings is 1. The molecule has 2 bridgehead atoms. The summed E-state index contributed by atoms with van der Waals surface area (Å²) in [7, 11) is 0. The molecule has 1 saturated heterocycles. The van der Waals surface area contributed by atoms with Gasteiger partial charge >= 0.3 is 5.97 Å². The lowest BCUT2D eigenvalue weighted by Crippen LogP contribution is -2.56. The van der Waals surface area contributed by atoms with E-state index in [-0.39, 0.29) is 17.6 Å². The molecule has 1 aromatic carbocycles. The van der Waals surface area contributed by atoms with E-state index in [1.807, 2.05) is 0 Å². The molecule has 0 spiro atoms. The fourth-order valence-corrected chi connectivity index (χ4v) is 3.82. The largest absolute Gasteiger partial charge is 0.480 e. The van der Waals surface area contributed by atoms with Crippen molar-refractivity contribution in [3.8, 4) is 0 Å². The number of amides is 1. The van der Waals surface area contributed by atoms with Crippen molar-refractivity contribution in [2.75, 3.05) is 0 Å². The van der Waals surface area contributed by atoms with E-state index in [1.165, 1.54) is 29.2 Å². The number of fused-ring (bicyclic) bond motifs is 2. The number of hydrogen-bond acceptors (Lipinski definition) is 4. The molecule has 1 aliphatic carbocycles. The maximum absolute atomic E-state index is 12.8. The van der Waals surface area contributed by atoms with Crippen molar-refractivity contribution in [1.82, 2.24) is 4.90 Å². The van der Waals surface area contributed by atoms with Gasteiger partial charge in [0.2, 0.25) is 0 Å². The number of hydrogen-bond donors (Lipinski definition) is 1. The molecule has 1 saturated carbocycles. The number of nitro groups is 1. The van der Waals surface area contributed by atoms with E-state index in [2.05, 4.69) is 0 Å². The minimum Gasteiger partial charge on any atom is -0.480 e. The standard InChI is InChI=1S/C16H18N2O5/c19-15(11-4-6-12(7-5-11)18(22)23)17-13-3-1-2-10(8-13)9-14(17)16(20)21/h4-7,10,13-14H,1-3,8-9H2,(H,20,21). The van der Waals surface area contributed by atoms with Gasteiger partial charge < -0.3 is 10.0 Å². The van der Waals surface area contributed by atoms with E-state index in [4.69, 9.17) is 0 Å². The predicted octanol–water partition coefficient (Wildman–Crippen LogP) is 2.45. The Hall–Kier alpha value is -2.44. The number of aliphatic carboxylic acids is 1. The first-order chi connectivity index (χ1) is 11.0. The van der Waals surface area contributed by atoms with Crippen LogP contribution >= 0.6 is 0 Å². The Balaban J connectivity index is 1.88. The Bertz CT molecular complexity index is 642. The summed E-state index contributed by atoms with van der Waals surface area (Å²) in [4.78, 5) is 36.0. The number of carbonyl (C=O) groups is 2. The quantitative estimate of drug-likeness (QED) is 0.681. The first-order valence-electron chi connectivity index (χ1n) is 7.77. The average molecular weight is 318 g/mol. The molecule has 3 atom stereocenters. The van der Waals surface area contributed by atoms with Gasteiger partial charge in [0.25, 0.3) is 11.6 Å². The van der Waals surface area contributed by atoms with Crippen molar-refractivity contribution in [2.45, 2.75) is 44.2 Å². The Kier molecular flexibility index (Phi) is 4.02. The van der Waals surface area contributed by atoms with Crippen molar-refractivity contribution in [3.05, 3.63) is 39.9 Å². The number of non-ortho nitro benzene ring substituents is 1. The van der Waals surface area contributed by atoms with Gasteiger partial charge in [0, 0.05) is 23.7 Å². The molecule has 23 heavy (non-hydrogen) atoms. The van der Waals surface area contributed by atoms with Crippen molar-refractivity contribution in [2.24, 2.45) is 5.92 Å². The number of nitrogens with zero attached hydrogens (tertiary/aromatic N) is 2. The minimum atomic E-state index is -0.975. The van der Waals surface area contributed by atoms with Crippen LogP contribution in [0.15, 0.2) is 24.3 Å². The predicted molar refractivity (Wildman–Crippen MR) is 81.1 cm³/mol.